The first-order valence-electron chi connectivity index (χ1n) is 5.20. The molecule has 0 aliphatic rings. The van der Waals surface area contributed by atoms with Gasteiger partial charge in [-0.05, 0) is 18.2 Å². The van der Waals surface area contributed by atoms with Crippen LogP contribution < -0.4 is 10.5 Å². The number of nitrogens with two attached hydrogens (primary N) is 1. The second kappa shape index (κ2) is 6.21. The van der Waals surface area contributed by atoms with Crippen LogP contribution in [-0.2, 0) is 10.0 Å². The summed E-state index contributed by atoms with van der Waals surface area (Å²) in [6.07, 6.45) is -4.73. The van der Waals surface area contributed by atoms with Crippen molar-refractivity contribution in [1.82, 2.24) is 4.72 Å². The highest BCUT2D eigenvalue weighted by Gasteiger charge is 2.30. The molecule has 0 aromatic heterocycles. The number of sulfonamides is 1. The molecule has 0 bridgehead atoms. The first kappa shape index (κ1) is 16.4. The highest BCUT2D eigenvalue weighted by Crippen LogP contribution is 2.18. The molecule has 0 saturated carbocycles. The molecule has 9 heteroatoms. The molecule has 20 heavy (non-hydrogen) atoms. The average molecular weight is 310 g/mol. The summed E-state index contributed by atoms with van der Waals surface area (Å²) in [4.78, 5) is -0.875. The number of hydrogen-bond acceptors (Lipinski definition) is 3. The fourth-order valence-corrected chi connectivity index (χ4v) is 2.28. The molecule has 0 saturated heterocycles. The molecule has 110 valence electrons. The van der Waals surface area contributed by atoms with E-state index >= 15 is 0 Å². The van der Waals surface area contributed by atoms with Gasteiger partial charge in [0.1, 0.15) is 17.3 Å². The first-order chi connectivity index (χ1) is 9.15. The zero-order valence-electron chi connectivity index (χ0n) is 9.96. The van der Waals surface area contributed by atoms with Gasteiger partial charge < -0.3 is 5.73 Å². The lowest BCUT2D eigenvalue weighted by molar-refractivity contribution is -0.121. The fourth-order valence-electron chi connectivity index (χ4n) is 1.20. The number of alkyl halides is 3. The second-order valence-electron chi connectivity index (χ2n) is 3.59. The molecule has 0 aliphatic carbocycles. The number of halogens is 4. The van der Waals surface area contributed by atoms with E-state index in [-0.39, 0.29) is 12.1 Å². The minimum Gasteiger partial charge on any atom is -0.320 e. The van der Waals surface area contributed by atoms with Crippen LogP contribution in [0.5, 0.6) is 0 Å². The van der Waals surface area contributed by atoms with Crippen LogP contribution in [0.15, 0.2) is 23.1 Å². The lowest BCUT2D eigenvalue weighted by Gasteiger charge is -2.10. The minimum absolute atomic E-state index is 0.0365. The largest absolute Gasteiger partial charge is 0.402 e. The summed E-state index contributed by atoms with van der Waals surface area (Å²) >= 11 is 0. The summed E-state index contributed by atoms with van der Waals surface area (Å²) in [5.41, 5.74) is 5.28. The van der Waals surface area contributed by atoms with Crippen LogP contribution in [0.2, 0.25) is 0 Å². The molecule has 0 aliphatic heterocycles. The van der Waals surface area contributed by atoms with Gasteiger partial charge in [-0.1, -0.05) is 11.8 Å². The third-order valence-electron chi connectivity index (χ3n) is 2.02. The Kier molecular flexibility index (Phi) is 5.10. The number of hydrogen-bond donors (Lipinski definition) is 2. The van der Waals surface area contributed by atoms with Crippen molar-refractivity contribution in [3.05, 3.63) is 29.6 Å². The van der Waals surface area contributed by atoms with Crippen molar-refractivity contribution < 1.29 is 26.0 Å². The summed E-state index contributed by atoms with van der Waals surface area (Å²) in [5, 5.41) is 0. The average Bonchev–Trinajstić information content (AvgIpc) is 2.33. The van der Waals surface area contributed by atoms with Crippen molar-refractivity contribution >= 4 is 10.0 Å². The Bertz CT molecular complexity index is 645. The van der Waals surface area contributed by atoms with Gasteiger partial charge in [0.05, 0.1) is 6.54 Å². The zero-order valence-corrected chi connectivity index (χ0v) is 10.8. The summed E-state index contributed by atoms with van der Waals surface area (Å²) in [6.45, 7) is -1.74. The van der Waals surface area contributed by atoms with Gasteiger partial charge in [0, 0.05) is 5.56 Å². The van der Waals surface area contributed by atoms with E-state index in [1.165, 1.54) is 10.8 Å². The molecule has 4 nitrogen and oxygen atoms in total. The normalized spacial score (nSPS) is 11.8. The highest BCUT2D eigenvalue weighted by molar-refractivity contribution is 7.89. The van der Waals surface area contributed by atoms with Crippen LogP contribution in [0, 0.1) is 17.7 Å². The second-order valence-corrected chi connectivity index (χ2v) is 5.33. The van der Waals surface area contributed by atoms with Crippen molar-refractivity contribution in [3.8, 4) is 11.8 Å². The number of nitrogens with one attached hydrogen (secondary N) is 1. The maximum Gasteiger partial charge on any atom is 0.402 e. The van der Waals surface area contributed by atoms with Crippen LogP contribution in [0.3, 0.4) is 0 Å². The molecule has 0 unspecified atom stereocenters. The fraction of sp³-hybridized carbons (Fsp3) is 0.273. The quantitative estimate of drug-likeness (QED) is 0.646. The van der Waals surface area contributed by atoms with Gasteiger partial charge in [0.2, 0.25) is 10.0 Å². The van der Waals surface area contributed by atoms with Crippen molar-refractivity contribution in [3.63, 3.8) is 0 Å². The highest BCUT2D eigenvalue weighted by atomic mass is 32.2. The van der Waals surface area contributed by atoms with Crippen LogP contribution in [0.4, 0.5) is 17.6 Å². The first-order valence-corrected chi connectivity index (χ1v) is 6.69. The molecule has 0 spiro atoms. The smallest absolute Gasteiger partial charge is 0.320 e. The van der Waals surface area contributed by atoms with Crippen molar-refractivity contribution in [2.24, 2.45) is 5.73 Å². The summed E-state index contributed by atoms with van der Waals surface area (Å²) in [6, 6.07) is 2.83. The third-order valence-corrected chi connectivity index (χ3v) is 3.45. The van der Waals surface area contributed by atoms with Gasteiger partial charge in [-0.25, -0.2) is 17.5 Å². The molecule has 0 amide bonds. The van der Waals surface area contributed by atoms with Crippen molar-refractivity contribution in [1.29, 1.82) is 0 Å². The van der Waals surface area contributed by atoms with E-state index in [2.05, 4.69) is 11.8 Å². The van der Waals surface area contributed by atoms with Crippen LogP contribution >= 0.6 is 0 Å². The van der Waals surface area contributed by atoms with Crippen molar-refractivity contribution in [2.75, 3.05) is 13.1 Å². The summed E-state index contributed by atoms with van der Waals surface area (Å²) in [7, 11) is -4.58. The Balaban J connectivity index is 3.02. The lowest BCUT2D eigenvalue weighted by atomic mass is 10.2. The Morgan fingerprint density at radius 1 is 1.30 bits per heavy atom. The molecule has 0 heterocycles. The van der Waals surface area contributed by atoms with E-state index in [9.17, 15) is 26.0 Å². The molecule has 0 radical (unpaired) electrons. The van der Waals surface area contributed by atoms with Gasteiger partial charge in [-0.3, -0.25) is 0 Å². The molecule has 1 aromatic carbocycles. The Morgan fingerprint density at radius 3 is 2.45 bits per heavy atom. The van der Waals surface area contributed by atoms with Crippen LogP contribution in [0.25, 0.3) is 0 Å². The monoisotopic (exact) mass is 310 g/mol. The minimum atomic E-state index is -4.73. The van der Waals surface area contributed by atoms with Crippen molar-refractivity contribution in [2.45, 2.75) is 11.1 Å². The number of rotatable bonds is 3. The van der Waals surface area contributed by atoms with E-state index in [1.54, 1.807) is 0 Å². The predicted octanol–water partition coefficient (Wildman–Crippen LogP) is 0.977. The summed E-state index contributed by atoms with van der Waals surface area (Å²) in [5.74, 6) is 3.71. The van der Waals surface area contributed by atoms with Gasteiger partial charge in [0.25, 0.3) is 0 Å². The van der Waals surface area contributed by atoms with E-state index in [4.69, 9.17) is 5.73 Å². The topological polar surface area (TPSA) is 72.2 Å². The molecular weight excluding hydrogens is 300 g/mol. The zero-order chi connectivity index (χ0) is 15.4. The van der Waals surface area contributed by atoms with Crippen LogP contribution in [-0.4, -0.2) is 27.7 Å². The SMILES string of the molecule is NCC#Cc1ccc(S(=O)(=O)NCC(F)(F)F)c(F)c1. The molecule has 3 N–H and O–H groups in total. The van der Waals surface area contributed by atoms with E-state index < -0.39 is 33.5 Å². The Labute approximate surface area is 113 Å². The van der Waals surface area contributed by atoms with Gasteiger partial charge in [-0.2, -0.15) is 13.2 Å². The van der Waals surface area contributed by atoms with E-state index in [1.807, 2.05) is 0 Å². The molecule has 1 aromatic rings. The Hall–Kier alpha value is -1.63. The standard InChI is InChI=1S/C11H10F4N2O2S/c12-9-6-8(2-1-5-16)3-4-10(9)20(18,19)17-7-11(13,14)15/h3-4,6,17H,5,7,16H2. The van der Waals surface area contributed by atoms with Gasteiger partial charge in [0.15, 0.2) is 0 Å². The van der Waals surface area contributed by atoms with Gasteiger partial charge in [-0.15, -0.1) is 0 Å². The molecule has 1 rings (SSSR count). The molecule has 0 fully saturated rings. The Morgan fingerprint density at radius 2 is 1.95 bits per heavy atom. The van der Waals surface area contributed by atoms with Crippen LogP contribution in [0.1, 0.15) is 5.56 Å². The molecule has 0 atom stereocenters. The third kappa shape index (κ3) is 4.80. The van der Waals surface area contributed by atoms with E-state index in [0.717, 1.165) is 12.1 Å². The van der Waals surface area contributed by atoms with Gasteiger partial charge >= 0.3 is 6.18 Å². The lowest BCUT2D eigenvalue weighted by Crippen LogP contribution is -2.34. The maximum atomic E-state index is 13.6. The summed E-state index contributed by atoms with van der Waals surface area (Å²) < 4.78 is 73.8. The molecular formula is C11H10F4N2O2S. The number of benzene rings is 1. The van der Waals surface area contributed by atoms with E-state index in [0.29, 0.717) is 0 Å². The predicted molar refractivity (Wildman–Crippen MR) is 63.6 cm³/mol. The maximum absolute atomic E-state index is 13.6.